The maximum atomic E-state index is 15.4. The number of carbonyl (C=O) groups excluding carboxylic acids is 2. The highest BCUT2D eigenvalue weighted by atomic mass is 35.5. The van der Waals surface area contributed by atoms with E-state index in [4.69, 9.17) is 16.6 Å². The first-order valence-corrected chi connectivity index (χ1v) is 26.9. The van der Waals surface area contributed by atoms with Gasteiger partial charge in [-0.1, -0.05) is 94.3 Å². The lowest BCUT2D eigenvalue weighted by Gasteiger charge is -2.50. The van der Waals surface area contributed by atoms with Crippen molar-refractivity contribution in [3.05, 3.63) is 149 Å². The topological polar surface area (TPSA) is 74.7 Å². The Bertz CT molecular complexity index is 2600. The van der Waals surface area contributed by atoms with E-state index >= 15 is 8.78 Å². The van der Waals surface area contributed by atoms with Gasteiger partial charge in [0.2, 0.25) is 11.8 Å². The van der Waals surface area contributed by atoms with E-state index in [1.165, 1.54) is 11.6 Å². The van der Waals surface area contributed by atoms with Crippen LogP contribution in [0.5, 0.6) is 0 Å². The minimum atomic E-state index is -0.382. The zero-order chi connectivity index (χ0) is 52.9. The van der Waals surface area contributed by atoms with Gasteiger partial charge in [0.05, 0.1) is 23.6 Å². The molecule has 7 rings (SSSR count). The maximum absolute atomic E-state index is 15.4. The van der Waals surface area contributed by atoms with Crippen LogP contribution in [0.3, 0.4) is 0 Å². The molecule has 2 amide bonds. The van der Waals surface area contributed by atoms with Crippen molar-refractivity contribution in [2.75, 3.05) is 52.9 Å². The van der Waals surface area contributed by atoms with E-state index in [0.29, 0.717) is 72.8 Å². The smallest absolute Gasteiger partial charge is 0.242 e. The molecule has 0 bridgehead atoms. The number of fused-ring (bicyclic) bond motifs is 2. The van der Waals surface area contributed by atoms with E-state index in [9.17, 15) is 9.59 Å². The van der Waals surface area contributed by atoms with Gasteiger partial charge in [-0.05, 0) is 144 Å². The van der Waals surface area contributed by atoms with Crippen molar-refractivity contribution in [3.63, 3.8) is 0 Å². The molecule has 0 radical (unpaired) electrons. The van der Waals surface area contributed by atoms with Crippen LogP contribution in [-0.4, -0.2) is 107 Å². The third-order valence-electron chi connectivity index (χ3n) is 15.4. The fourth-order valence-electron chi connectivity index (χ4n) is 10.9. The van der Waals surface area contributed by atoms with Crippen LogP contribution in [0.2, 0.25) is 5.02 Å². The van der Waals surface area contributed by atoms with Crippen molar-refractivity contribution in [1.82, 2.24) is 29.8 Å². The van der Waals surface area contributed by atoms with Crippen molar-refractivity contribution in [2.45, 2.75) is 130 Å². The summed E-state index contributed by atoms with van der Waals surface area (Å²) in [4.78, 5) is 42.1. The number of unbranched alkanes of at least 4 members (excludes halogenated alkanes) is 4. The molecule has 1 N–H and O–H groups in total. The monoisotopic (exact) mass is 1020 g/mol. The maximum Gasteiger partial charge on any atom is 0.242 e. The zero-order valence-corrected chi connectivity index (χ0v) is 45.4. The summed E-state index contributed by atoms with van der Waals surface area (Å²) in [5, 5.41) is 3.25. The number of piperazine rings is 1. The van der Waals surface area contributed by atoms with Gasteiger partial charge >= 0.3 is 0 Å². The summed E-state index contributed by atoms with van der Waals surface area (Å²) in [5.41, 5.74) is 11.2. The van der Waals surface area contributed by atoms with E-state index in [-0.39, 0.29) is 41.5 Å². The quantitative estimate of drug-likeness (QED) is 0.0690. The van der Waals surface area contributed by atoms with Crippen LogP contribution in [-0.2, 0) is 16.1 Å². The third-order valence-corrected chi connectivity index (χ3v) is 15.7. The van der Waals surface area contributed by atoms with Crippen molar-refractivity contribution in [2.24, 2.45) is 4.99 Å². The van der Waals surface area contributed by atoms with Crippen LogP contribution < -0.4 is 5.32 Å². The highest BCUT2D eigenvalue weighted by Crippen LogP contribution is 2.43. The predicted molar refractivity (Wildman–Crippen MR) is 301 cm³/mol. The number of hydrogen-bond donors (Lipinski definition) is 1. The first-order valence-electron chi connectivity index (χ1n) is 26.5. The Hall–Kier alpha value is -5.78. The van der Waals surface area contributed by atoms with E-state index < -0.39 is 0 Å². The molecular weight excluding hydrogens is 936 g/mol. The molecule has 0 aromatic heterocycles. The number of benzene rings is 3. The number of amides is 2. The highest BCUT2D eigenvalue weighted by Gasteiger charge is 2.39. The summed E-state index contributed by atoms with van der Waals surface area (Å²) >= 11 is 6.75. The summed E-state index contributed by atoms with van der Waals surface area (Å²) < 4.78 is 30.5. The third kappa shape index (κ3) is 13.3. The number of aliphatic imine (C=N–C) groups is 1. The average molecular weight is 1020 g/mol. The summed E-state index contributed by atoms with van der Waals surface area (Å²) in [6.45, 7) is 36.8. The number of halogens is 3. The molecule has 73 heavy (non-hydrogen) atoms. The van der Waals surface area contributed by atoms with Crippen molar-refractivity contribution < 1.29 is 18.4 Å². The van der Waals surface area contributed by atoms with Gasteiger partial charge < -0.3 is 29.8 Å². The molecule has 2 unspecified atom stereocenters. The number of likely N-dealkylation sites (tertiary alicyclic amines) is 1. The number of allylic oxidation sites excluding steroid dienone is 4. The Labute approximate surface area is 440 Å². The van der Waals surface area contributed by atoms with Crippen molar-refractivity contribution in [1.29, 1.82) is 0 Å². The molecule has 4 heterocycles. The average Bonchev–Trinajstić information content (AvgIpc) is 3.72. The van der Waals surface area contributed by atoms with Gasteiger partial charge in [0.25, 0.3) is 0 Å². The number of carbonyl (C=O) groups is 2. The van der Waals surface area contributed by atoms with Gasteiger partial charge in [0.1, 0.15) is 17.7 Å². The van der Waals surface area contributed by atoms with Crippen LogP contribution in [0.4, 0.5) is 14.5 Å². The Kier molecular flexibility index (Phi) is 20.5. The van der Waals surface area contributed by atoms with Gasteiger partial charge in [-0.25, -0.2) is 8.78 Å². The fraction of sp³-hybridized carbons (Fsp3) is 0.459. The summed E-state index contributed by atoms with van der Waals surface area (Å²) in [7, 11) is 1.65. The van der Waals surface area contributed by atoms with E-state index in [0.717, 1.165) is 123 Å². The molecule has 2 saturated heterocycles. The van der Waals surface area contributed by atoms with Crippen molar-refractivity contribution >= 4 is 47.1 Å². The molecule has 4 aliphatic heterocycles. The lowest BCUT2D eigenvalue weighted by atomic mass is 9.85. The summed E-state index contributed by atoms with van der Waals surface area (Å²) in [5.74, 6) is -0.250. The standard InChI is InChI=1S/C56H70ClF2N7O2.C5H10/c1-9-12-21-50(56(68)60-8)66-35-46-44(38(66)5)32-43(58)33-45(46)42-24-28-62(29-25-42)26-16-14-13-15-17-27-64-40(7)52-36-63(53(67)11-3)30-31-65(52)39(6)51(64)34-61-49-23-22-47(57)54(37(49)4)55-41(10-2)19-18-20-48(55)59;1-4-5(2)3/h9-10,18-20,22-23,32-34,42,50,52H,1-2,5,7,11-17,21,24-31,35-36H2,3-4,6,8H3,(H,60,68);2,4H2,1,3H3. The number of rotatable bonds is 20. The Morgan fingerprint density at radius 3 is 2.29 bits per heavy atom. The molecule has 0 spiro atoms. The molecular formula is C61H80ClF2N7O2. The van der Waals surface area contributed by atoms with Gasteiger partial charge in [-0.2, -0.15) is 0 Å². The number of piperidine rings is 1. The first-order chi connectivity index (χ1) is 35.1. The van der Waals surface area contributed by atoms with Crippen LogP contribution >= 0.6 is 11.6 Å². The van der Waals surface area contributed by atoms with Gasteiger partial charge in [0, 0.05) is 85.0 Å². The Morgan fingerprint density at radius 2 is 1.63 bits per heavy atom. The molecule has 0 saturated carbocycles. The lowest BCUT2D eigenvalue weighted by Crippen LogP contribution is -2.59. The largest absolute Gasteiger partial charge is 0.361 e. The van der Waals surface area contributed by atoms with Crippen LogP contribution in [0.1, 0.15) is 132 Å². The van der Waals surface area contributed by atoms with Crippen LogP contribution in [0.15, 0.2) is 109 Å². The molecule has 2 atom stereocenters. The molecule has 4 aliphatic rings. The number of nitrogens with zero attached hydrogens (tertiary/aromatic N) is 6. The van der Waals surface area contributed by atoms with Crippen LogP contribution in [0, 0.1) is 18.6 Å². The van der Waals surface area contributed by atoms with E-state index in [1.54, 1.807) is 37.4 Å². The molecule has 2 fully saturated rings. The number of hydrogen-bond acceptors (Lipinski definition) is 7. The van der Waals surface area contributed by atoms with Gasteiger partial charge in [-0.15, -0.1) is 13.2 Å². The van der Waals surface area contributed by atoms with Gasteiger partial charge in [0.15, 0.2) is 0 Å². The fourth-order valence-corrected chi connectivity index (χ4v) is 11.2. The molecule has 3 aromatic rings. The second kappa shape index (κ2) is 26.4. The number of nitrogens with one attached hydrogen (secondary N) is 1. The summed E-state index contributed by atoms with van der Waals surface area (Å²) in [6.07, 6.45) is 15.7. The van der Waals surface area contributed by atoms with Crippen LogP contribution in [0.25, 0.3) is 22.9 Å². The minimum absolute atomic E-state index is 0.0208. The second-order valence-electron chi connectivity index (χ2n) is 20.0. The zero-order valence-electron chi connectivity index (χ0n) is 44.6. The molecule has 0 aliphatic carbocycles. The molecule has 392 valence electrons. The predicted octanol–water partition coefficient (Wildman–Crippen LogP) is 13.6. The Morgan fingerprint density at radius 1 is 0.932 bits per heavy atom. The molecule has 3 aromatic carbocycles. The van der Waals surface area contributed by atoms with Crippen molar-refractivity contribution in [3.8, 4) is 11.1 Å². The highest BCUT2D eigenvalue weighted by molar-refractivity contribution is 6.33. The molecule has 12 heteroatoms. The number of likely N-dealkylation sites (N-methyl/N-ethyl adjacent to an activating group) is 1. The minimum Gasteiger partial charge on any atom is -0.361 e. The normalized spacial score (nSPS) is 17.6. The second-order valence-corrected chi connectivity index (χ2v) is 20.4. The lowest BCUT2D eigenvalue weighted by molar-refractivity contribution is -0.133. The SMILES string of the molecule is C=C(C)CC.C=CCCC(C(=O)NC)N1Cc2c(cc(F)cc2C2CCN(CCCCCCCN3C(=C)C4CN(C(=O)CC)CCN4C(C)=C3C=Nc3ccc(Cl)c(-c4c(F)cccc4C=C)c3C)CC2)C1=C. The Balaban J connectivity index is 0.00000166. The van der Waals surface area contributed by atoms with E-state index in [2.05, 4.69) is 66.8 Å². The summed E-state index contributed by atoms with van der Waals surface area (Å²) in [6, 6.07) is 11.5. The molecule has 9 nitrogen and oxygen atoms in total. The first kappa shape index (κ1) is 56.5. The van der Waals surface area contributed by atoms with Gasteiger partial charge in [-0.3, -0.25) is 14.6 Å². The van der Waals surface area contributed by atoms with E-state index in [1.807, 2.05) is 55.0 Å².